The van der Waals surface area contributed by atoms with Gasteiger partial charge in [0.1, 0.15) is 0 Å². The molecule has 0 atom stereocenters. The smallest absolute Gasteiger partial charge is 0.226 e. The number of benzene rings is 1. The van der Waals surface area contributed by atoms with Gasteiger partial charge >= 0.3 is 0 Å². The van der Waals surface area contributed by atoms with Gasteiger partial charge in [-0.1, -0.05) is 23.2 Å². The molecule has 1 aromatic carbocycles. The maximum Gasteiger partial charge on any atom is 0.226 e. The lowest BCUT2D eigenvalue weighted by molar-refractivity contribution is -0.119. The monoisotopic (exact) mass is 289 g/mol. The van der Waals surface area contributed by atoms with Crippen LogP contribution in [-0.2, 0) is 9.59 Å². The Labute approximate surface area is 115 Å². The van der Waals surface area contributed by atoms with E-state index in [1.807, 2.05) is 0 Å². The van der Waals surface area contributed by atoms with Crippen LogP contribution in [0, 0.1) is 0 Å². The molecule has 0 saturated heterocycles. The summed E-state index contributed by atoms with van der Waals surface area (Å²) in [4.78, 5) is 22.1. The highest BCUT2D eigenvalue weighted by atomic mass is 35.5. The van der Waals surface area contributed by atoms with Crippen LogP contribution < -0.4 is 16.4 Å². The fraction of sp³-hybridized carbons (Fsp3) is 0.273. The van der Waals surface area contributed by atoms with Gasteiger partial charge in [-0.05, 0) is 12.1 Å². The van der Waals surface area contributed by atoms with Gasteiger partial charge in [0.2, 0.25) is 11.8 Å². The third-order valence-electron chi connectivity index (χ3n) is 2.09. The molecule has 0 aliphatic carbocycles. The van der Waals surface area contributed by atoms with E-state index in [2.05, 4.69) is 10.6 Å². The van der Waals surface area contributed by atoms with E-state index in [4.69, 9.17) is 28.9 Å². The third kappa shape index (κ3) is 4.43. The first-order chi connectivity index (χ1) is 8.40. The number of halogens is 2. The standard InChI is InChI=1S/C11H13Cl2N3O2/c1-6(17)15-3-2-10(18)16-7-4-8(12)11(14)9(13)5-7/h4-5H,2-3,14H2,1H3,(H,15,17)(H,16,18). The zero-order valence-corrected chi connectivity index (χ0v) is 11.2. The number of nitrogens with two attached hydrogens (primary N) is 1. The number of rotatable bonds is 4. The van der Waals surface area contributed by atoms with Gasteiger partial charge in [-0.3, -0.25) is 9.59 Å². The zero-order valence-electron chi connectivity index (χ0n) is 9.72. The summed E-state index contributed by atoms with van der Waals surface area (Å²) in [5, 5.41) is 5.69. The van der Waals surface area contributed by atoms with Crippen LogP contribution in [-0.4, -0.2) is 18.4 Å². The number of nitrogens with one attached hydrogen (secondary N) is 2. The molecule has 5 nitrogen and oxygen atoms in total. The highest BCUT2D eigenvalue weighted by molar-refractivity contribution is 6.39. The van der Waals surface area contributed by atoms with Crippen LogP contribution in [0.25, 0.3) is 0 Å². The van der Waals surface area contributed by atoms with Crippen LogP contribution in [0.5, 0.6) is 0 Å². The molecule has 1 aromatic rings. The quantitative estimate of drug-likeness (QED) is 0.742. The summed E-state index contributed by atoms with van der Waals surface area (Å²) < 4.78 is 0. The van der Waals surface area contributed by atoms with E-state index < -0.39 is 0 Å². The summed E-state index contributed by atoms with van der Waals surface area (Å²) in [6.07, 6.45) is 0.166. The van der Waals surface area contributed by atoms with Gasteiger partial charge in [0.25, 0.3) is 0 Å². The number of hydrogen-bond donors (Lipinski definition) is 3. The second-order valence-electron chi connectivity index (χ2n) is 3.63. The summed E-state index contributed by atoms with van der Waals surface area (Å²) in [5.74, 6) is -0.429. The minimum absolute atomic E-state index is 0.166. The Morgan fingerprint density at radius 3 is 2.33 bits per heavy atom. The van der Waals surface area contributed by atoms with Gasteiger partial charge in [-0.2, -0.15) is 0 Å². The number of hydrogen-bond acceptors (Lipinski definition) is 3. The highest BCUT2D eigenvalue weighted by Crippen LogP contribution is 2.31. The molecule has 4 N–H and O–H groups in total. The highest BCUT2D eigenvalue weighted by Gasteiger charge is 2.07. The van der Waals surface area contributed by atoms with Crippen LogP contribution in [0.1, 0.15) is 13.3 Å². The van der Waals surface area contributed by atoms with E-state index in [0.29, 0.717) is 5.69 Å². The normalized spacial score (nSPS) is 9.94. The Balaban J connectivity index is 2.57. The minimum Gasteiger partial charge on any atom is -0.396 e. The fourth-order valence-electron chi connectivity index (χ4n) is 1.23. The summed E-state index contributed by atoms with van der Waals surface area (Å²) in [6.45, 7) is 1.66. The van der Waals surface area contributed by atoms with Crippen molar-refractivity contribution in [3.63, 3.8) is 0 Å². The zero-order chi connectivity index (χ0) is 13.7. The van der Waals surface area contributed by atoms with E-state index in [0.717, 1.165) is 0 Å². The molecule has 0 heterocycles. The molecule has 0 radical (unpaired) electrons. The number of carbonyl (C=O) groups excluding carboxylic acids is 2. The van der Waals surface area contributed by atoms with Crippen molar-refractivity contribution in [3.8, 4) is 0 Å². The van der Waals surface area contributed by atoms with Crippen molar-refractivity contribution in [2.45, 2.75) is 13.3 Å². The largest absolute Gasteiger partial charge is 0.396 e. The summed E-state index contributed by atoms with van der Waals surface area (Å²) in [7, 11) is 0. The SMILES string of the molecule is CC(=O)NCCC(=O)Nc1cc(Cl)c(N)c(Cl)c1. The predicted molar refractivity (Wildman–Crippen MR) is 72.8 cm³/mol. The lowest BCUT2D eigenvalue weighted by Gasteiger charge is -2.08. The van der Waals surface area contributed by atoms with Gasteiger partial charge in [-0.15, -0.1) is 0 Å². The van der Waals surface area contributed by atoms with Crippen molar-refractivity contribution in [2.75, 3.05) is 17.6 Å². The van der Waals surface area contributed by atoms with E-state index in [-0.39, 0.29) is 40.5 Å². The predicted octanol–water partition coefficient (Wildman–Crippen LogP) is 2.04. The molecule has 0 bridgehead atoms. The van der Waals surface area contributed by atoms with Crippen molar-refractivity contribution in [3.05, 3.63) is 22.2 Å². The molecule has 0 fully saturated rings. The summed E-state index contributed by atoms with van der Waals surface area (Å²) in [6, 6.07) is 3.03. The molecule has 7 heteroatoms. The lowest BCUT2D eigenvalue weighted by Crippen LogP contribution is -2.25. The molecule has 0 unspecified atom stereocenters. The van der Waals surface area contributed by atoms with E-state index in [1.165, 1.54) is 19.1 Å². The second kappa shape index (κ2) is 6.47. The average molecular weight is 290 g/mol. The van der Waals surface area contributed by atoms with Crippen molar-refractivity contribution in [1.82, 2.24) is 5.32 Å². The molecule has 0 aliphatic heterocycles. The number of nitrogen functional groups attached to an aromatic ring is 1. The molecule has 98 valence electrons. The van der Waals surface area contributed by atoms with E-state index in [1.54, 1.807) is 0 Å². The maximum absolute atomic E-state index is 11.5. The number of amides is 2. The molecule has 0 spiro atoms. The molecule has 0 saturated carbocycles. The number of carbonyl (C=O) groups is 2. The van der Waals surface area contributed by atoms with Gasteiger partial charge < -0.3 is 16.4 Å². The molecule has 1 rings (SSSR count). The lowest BCUT2D eigenvalue weighted by atomic mass is 10.2. The molecular weight excluding hydrogens is 277 g/mol. The van der Waals surface area contributed by atoms with Crippen LogP contribution in [0.15, 0.2) is 12.1 Å². The maximum atomic E-state index is 11.5. The van der Waals surface area contributed by atoms with E-state index >= 15 is 0 Å². The first kappa shape index (κ1) is 14.6. The Bertz CT molecular complexity index is 454. The summed E-state index contributed by atoms with van der Waals surface area (Å²) >= 11 is 11.7. The average Bonchev–Trinajstić information content (AvgIpc) is 2.25. The Hall–Kier alpha value is -1.46. The molecule has 0 aromatic heterocycles. The van der Waals surface area contributed by atoms with Crippen molar-refractivity contribution >= 4 is 46.4 Å². The van der Waals surface area contributed by atoms with Crippen LogP contribution in [0.4, 0.5) is 11.4 Å². The molecule has 0 aliphatic rings. The van der Waals surface area contributed by atoms with Gasteiger partial charge in [-0.25, -0.2) is 0 Å². The second-order valence-corrected chi connectivity index (χ2v) is 4.45. The van der Waals surface area contributed by atoms with Gasteiger partial charge in [0.15, 0.2) is 0 Å². The topological polar surface area (TPSA) is 84.2 Å². The van der Waals surface area contributed by atoms with Crippen molar-refractivity contribution < 1.29 is 9.59 Å². The Kier molecular flexibility index (Phi) is 5.25. The Morgan fingerprint density at radius 1 is 1.28 bits per heavy atom. The third-order valence-corrected chi connectivity index (χ3v) is 2.71. The van der Waals surface area contributed by atoms with Crippen LogP contribution in [0.3, 0.4) is 0 Å². The molecule has 2 amide bonds. The molecule has 18 heavy (non-hydrogen) atoms. The fourth-order valence-corrected chi connectivity index (χ4v) is 1.72. The number of anilines is 2. The Morgan fingerprint density at radius 2 is 1.83 bits per heavy atom. The van der Waals surface area contributed by atoms with Gasteiger partial charge in [0.05, 0.1) is 15.7 Å². The van der Waals surface area contributed by atoms with Crippen molar-refractivity contribution in [2.24, 2.45) is 0 Å². The molecular formula is C11H13Cl2N3O2. The minimum atomic E-state index is -0.249. The van der Waals surface area contributed by atoms with E-state index in [9.17, 15) is 9.59 Å². The van der Waals surface area contributed by atoms with Crippen LogP contribution in [0.2, 0.25) is 10.0 Å². The van der Waals surface area contributed by atoms with Crippen LogP contribution >= 0.6 is 23.2 Å². The summed E-state index contributed by atoms with van der Waals surface area (Å²) in [5.41, 5.74) is 6.31. The first-order valence-corrected chi connectivity index (χ1v) is 5.94. The first-order valence-electron chi connectivity index (χ1n) is 5.19. The van der Waals surface area contributed by atoms with Gasteiger partial charge in [0, 0.05) is 25.6 Å². The van der Waals surface area contributed by atoms with Crippen molar-refractivity contribution in [1.29, 1.82) is 0 Å².